The Kier molecular flexibility index (Phi) is 6.70. The number of aliphatic imine (C=N–C) groups is 1. The first-order valence-corrected chi connectivity index (χ1v) is 6.56. The molecule has 3 nitrogen and oxygen atoms in total. The summed E-state index contributed by atoms with van der Waals surface area (Å²) in [4.78, 5) is 4.58. The van der Waals surface area contributed by atoms with E-state index < -0.39 is 0 Å². The number of nitrogens with zero attached hydrogens (tertiary/aromatic N) is 1. The lowest BCUT2D eigenvalue weighted by atomic mass is 10.2. The maximum Gasteiger partial charge on any atom is 0.191 e. The normalized spacial score (nSPS) is 16.8. The summed E-state index contributed by atoms with van der Waals surface area (Å²) in [5.74, 6) is 0.979. The minimum absolute atomic E-state index is 0.545. The Morgan fingerprint density at radius 1 is 1.25 bits per heavy atom. The second-order valence-corrected chi connectivity index (χ2v) is 4.25. The Balaban J connectivity index is 2.27. The van der Waals surface area contributed by atoms with Crippen molar-refractivity contribution in [2.24, 2.45) is 4.99 Å². The van der Waals surface area contributed by atoms with Crippen LogP contribution in [0.15, 0.2) is 17.1 Å². The zero-order chi connectivity index (χ0) is 11.6. The predicted octanol–water partition coefficient (Wildman–Crippen LogP) is 2.45. The molecule has 0 fully saturated rings. The summed E-state index contributed by atoms with van der Waals surface area (Å²) in [5, 5.41) is 6.77. The summed E-state index contributed by atoms with van der Waals surface area (Å²) >= 11 is 0. The highest BCUT2D eigenvalue weighted by molar-refractivity contribution is 5.80. The van der Waals surface area contributed by atoms with Gasteiger partial charge in [-0.05, 0) is 26.2 Å². The smallest absolute Gasteiger partial charge is 0.191 e. The molecule has 0 amide bonds. The van der Waals surface area contributed by atoms with E-state index in [-0.39, 0.29) is 0 Å². The van der Waals surface area contributed by atoms with E-state index in [9.17, 15) is 0 Å². The molecule has 0 aliphatic heterocycles. The first kappa shape index (κ1) is 13.1. The standard InChI is InChI=1S/C13H25N3/c1-3-5-8-11-15-13(14-4-2)16-12-9-6-7-10-12/h6-7,12H,3-5,8-11H2,1-2H3,(H2,14,15,16). The maximum atomic E-state index is 4.58. The zero-order valence-corrected chi connectivity index (χ0v) is 10.6. The van der Waals surface area contributed by atoms with Gasteiger partial charge < -0.3 is 10.6 Å². The van der Waals surface area contributed by atoms with Crippen molar-refractivity contribution in [3.05, 3.63) is 12.2 Å². The molecule has 0 saturated carbocycles. The summed E-state index contributed by atoms with van der Waals surface area (Å²) in [5.41, 5.74) is 0. The van der Waals surface area contributed by atoms with Crippen LogP contribution in [0.25, 0.3) is 0 Å². The van der Waals surface area contributed by atoms with Crippen LogP contribution in [0, 0.1) is 0 Å². The molecule has 3 heteroatoms. The molecular weight excluding hydrogens is 198 g/mol. The largest absolute Gasteiger partial charge is 0.357 e. The van der Waals surface area contributed by atoms with Crippen molar-refractivity contribution >= 4 is 5.96 Å². The molecule has 2 N–H and O–H groups in total. The number of unbranched alkanes of at least 4 members (excludes halogenated alkanes) is 2. The van der Waals surface area contributed by atoms with Gasteiger partial charge in [-0.2, -0.15) is 0 Å². The fraction of sp³-hybridized carbons (Fsp3) is 0.769. The van der Waals surface area contributed by atoms with Crippen molar-refractivity contribution < 1.29 is 0 Å². The molecule has 0 heterocycles. The van der Waals surface area contributed by atoms with Crippen LogP contribution in [0.5, 0.6) is 0 Å². The molecule has 0 unspecified atom stereocenters. The number of hydrogen-bond acceptors (Lipinski definition) is 1. The Bertz CT molecular complexity index is 225. The van der Waals surface area contributed by atoms with E-state index in [1.165, 1.54) is 19.3 Å². The van der Waals surface area contributed by atoms with Gasteiger partial charge in [-0.3, -0.25) is 4.99 Å². The fourth-order valence-electron chi connectivity index (χ4n) is 1.80. The summed E-state index contributed by atoms with van der Waals surface area (Å²) < 4.78 is 0. The van der Waals surface area contributed by atoms with Gasteiger partial charge in [0.15, 0.2) is 5.96 Å². The summed E-state index contributed by atoms with van der Waals surface area (Å²) in [6, 6.07) is 0.545. The van der Waals surface area contributed by atoms with Crippen molar-refractivity contribution in [1.29, 1.82) is 0 Å². The lowest BCUT2D eigenvalue weighted by Crippen LogP contribution is -2.42. The first-order valence-electron chi connectivity index (χ1n) is 6.56. The van der Waals surface area contributed by atoms with Gasteiger partial charge in [0.25, 0.3) is 0 Å². The third-order valence-electron chi connectivity index (χ3n) is 2.72. The van der Waals surface area contributed by atoms with Crippen molar-refractivity contribution in [3.63, 3.8) is 0 Å². The Morgan fingerprint density at radius 3 is 2.62 bits per heavy atom. The minimum atomic E-state index is 0.545. The third kappa shape index (κ3) is 5.19. The van der Waals surface area contributed by atoms with E-state index in [1.54, 1.807) is 0 Å². The van der Waals surface area contributed by atoms with E-state index in [4.69, 9.17) is 0 Å². The van der Waals surface area contributed by atoms with Gasteiger partial charge in [0.1, 0.15) is 0 Å². The number of guanidine groups is 1. The van der Waals surface area contributed by atoms with E-state index >= 15 is 0 Å². The van der Waals surface area contributed by atoms with E-state index in [1.807, 2.05) is 0 Å². The first-order chi connectivity index (χ1) is 7.86. The van der Waals surface area contributed by atoms with Gasteiger partial charge in [0, 0.05) is 19.1 Å². The van der Waals surface area contributed by atoms with Crippen molar-refractivity contribution in [1.82, 2.24) is 10.6 Å². The Morgan fingerprint density at radius 2 is 2.00 bits per heavy atom. The topological polar surface area (TPSA) is 36.4 Å². The van der Waals surface area contributed by atoms with Gasteiger partial charge in [0.2, 0.25) is 0 Å². The highest BCUT2D eigenvalue weighted by Gasteiger charge is 2.10. The van der Waals surface area contributed by atoms with Gasteiger partial charge in [-0.15, -0.1) is 0 Å². The fourth-order valence-corrected chi connectivity index (χ4v) is 1.80. The molecule has 0 aromatic carbocycles. The molecule has 1 aliphatic carbocycles. The minimum Gasteiger partial charge on any atom is -0.357 e. The quantitative estimate of drug-likeness (QED) is 0.314. The van der Waals surface area contributed by atoms with Crippen molar-refractivity contribution in [2.75, 3.05) is 13.1 Å². The number of rotatable bonds is 6. The van der Waals surface area contributed by atoms with Crippen LogP contribution in [-0.4, -0.2) is 25.1 Å². The molecule has 0 atom stereocenters. The van der Waals surface area contributed by atoms with Crippen LogP contribution >= 0.6 is 0 Å². The maximum absolute atomic E-state index is 4.58. The summed E-state index contributed by atoms with van der Waals surface area (Å²) in [7, 11) is 0. The molecule has 92 valence electrons. The number of nitrogens with one attached hydrogen (secondary N) is 2. The molecule has 1 aliphatic rings. The van der Waals surface area contributed by atoms with Gasteiger partial charge >= 0.3 is 0 Å². The van der Waals surface area contributed by atoms with Gasteiger partial charge in [-0.1, -0.05) is 31.9 Å². The molecule has 0 saturated heterocycles. The van der Waals surface area contributed by atoms with E-state index in [2.05, 4.69) is 41.6 Å². The monoisotopic (exact) mass is 223 g/mol. The van der Waals surface area contributed by atoms with E-state index in [0.717, 1.165) is 31.9 Å². The number of hydrogen-bond donors (Lipinski definition) is 2. The second kappa shape index (κ2) is 8.20. The van der Waals surface area contributed by atoms with Crippen molar-refractivity contribution in [3.8, 4) is 0 Å². The summed E-state index contributed by atoms with van der Waals surface area (Å²) in [6.07, 6.45) is 10.4. The molecule has 0 spiro atoms. The zero-order valence-electron chi connectivity index (χ0n) is 10.6. The molecular formula is C13H25N3. The molecule has 1 rings (SSSR count). The SMILES string of the molecule is CCCCCN=C(NCC)NC1CC=CC1. The molecule has 0 radical (unpaired) electrons. The highest BCUT2D eigenvalue weighted by Crippen LogP contribution is 2.08. The van der Waals surface area contributed by atoms with Crippen LogP contribution < -0.4 is 10.6 Å². The average Bonchev–Trinajstić information content (AvgIpc) is 2.77. The Hall–Kier alpha value is -0.990. The lowest BCUT2D eigenvalue weighted by Gasteiger charge is -2.16. The van der Waals surface area contributed by atoms with Crippen LogP contribution in [0.2, 0.25) is 0 Å². The third-order valence-corrected chi connectivity index (χ3v) is 2.72. The van der Waals surface area contributed by atoms with Crippen LogP contribution in [-0.2, 0) is 0 Å². The lowest BCUT2D eigenvalue weighted by molar-refractivity contribution is 0.630. The van der Waals surface area contributed by atoms with Crippen LogP contribution in [0.4, 0.5) is 0 Å². The average molecular weight is 223 g/mol. The van der Waals surface area contributed by atoms with Crippen LogP contribution in [0.3, 0.4) is 0 Å². The predicted molar refractivity (Wildman–Crippen MR) is 70.8 cm³/mol. The molecule has 0 aromatic heterocycles. The highest BCUT2D eigenvalue weighted by atomic mass is 15.2. The van der Waals surface area contributed by atoms with Gasteiger partial charge in [0.05, 0.1) is 0 Å². The second-order valence-electron chi connectivity index (χ2n) is 4.25. The van der Waals surface area contributed by atoms with E-state index in [0.29, 0.717) is 6.04 Å². The molecule has 0 aromatic rings. The Labute approximate surface area is 99.4 Å². The molecule has 0 bridgehead atoms. The van der Waals surface area contributed by atoms with Crippen LogP contribution in [0.1, 0.15) is 46.0 Å². The van der Waals surface area contributed by atoms with Crippen molar-refractivity contribution in [2.45, 2.75) is 52.0 Å². The molecule has 16 heavy (non-hydrogen) atoms. The summed E-state index contributed by atoms with van der Waals surface area (Å²) in [6.45, 7) is 6.19. The van der Waals surface area contributed by atoms with Gasteiger partial charge in [-0.25, -0.2) is 0 Å².